The number of aryl methyl sites for hydroxylation is 2. The maximum Gasteiger partial charge on any atom is 0.259 e. The minimum Gasteiger partial charge on any atom is -0.342 e. The fourth-order valence-corrected chi connectivity index (χ4v) is 5.11. The summed E-state index contributed by atoms with van der Waals surface area (Å²) in [6.45, 7) is 3.86. The summed E-state index contributed by atoms with van der Waals surface area (Å²) in [5.41, 5.74) is 2.91. The zero-order chi connectivity index (χ0) is 22.9. The van der Waals surface area contributed by atoms with Crippen molar-refractivity contribution in [2.24, 2.45) is 0 Å². The number of pyridine rings is 2. The van der Waals surface area contributed by atoms with Crippen LogP contribution in [0.2, 0.25) is 0 Å². The molecule has 0 bridgehead atoms. The van der Waals surface area contributed by atoms with Crippen LogP contribution in [-0.4, -0.2) is 42.7 Å². The third kappa shape index (κ3) is 4.11. The first-order valence-corrected chi connectivity index (χ1v) is 12.7. The quantitative estimate of drug-likeness (QED) is 0.357. The molecular formula is C23H22N6O2S2. The molecule has 1 amide bonds. The molecule has 5 aromatic heterocycles. The van der Waals surface area contributed by atoms with E-state index in [0.29, 0.717) is 33.9 Å². The van der Waals surface area contributed by atoms with Gasteiger partial charge in [-0.3, -0.25) is 9.20 Å². The lowest BCUT2D eigenvalue weighted by atomic mass is 10.1. The number of aromatic nitrogens is 5. The van der Waals surface area contributed by atoms with E-state index in [1.165, 1.54) is 4.88 Å². The van der Waals surface area contributed by atoms with Gasteiger partial charge in [0.05, 0.1) is 33.3 Å². The van der Waals surface area contributed by atoms with Crippen LogP contribution >= 0.6 is 23.1 Å². The molecule has 0 radical (unpaired) electrons. The van der Waals surface area contributed by atoms with Gasteiger partial charge in [0.25, 0.3) is 11.6 Å². The van der Waals surface area contributed by atoms with Crippen molar-refractivity contribution in [1.82, 2.24) is 30.1 Å². The van der Waals surface area contributed by atoms with Crippen LogP contribution in [0.5, 0.6) is 0 Å². The highest BCUT2D eigenvalue weighted by Crippen LogP contribution is 2.31. The number of nitrogens with zero attached hydrogens (tertiary/aromatic N) is 5. The van der Waals surface area contributed by atoms with Crippen LogP contribution in [0, 0.1) is 13.8 Å². The molecule has 0 saturated heterocycles. The number of carbonyl (C=O) groups is 1. The SMILES string of the molecule is CSCCC(NC(=O)c1cc(-c2ccc(C)s2)nc2onc(C)c12)c1nnc2ccccn12. The molecule has 0 aliphatic heterocycles. The monoisotopic (exact) mass is 478 g/mol. The maximum atomic E-state index is 13.6. The second kappa shape index (κ2) is 8.95. The van der Waals surface area contributed by atoms with Gasteiger partial charge in [-0.05, 0) is 62.6 Å². The second-order valence-corrected chi connectivity index (χ2v) is 9.98. The van der Waals surface area contributed by atoms with E-state index in [9.17, 15) is 4.79 Å². The van der Waals surface area contributed by atoms with Crippen LogP contribution in [0.15, 0.2) is 47.1 Å². The van der Waals surface area contributed by atoms with Gasteiger partial charge in [0, 0.05) is 11.1 Å². The van der Waals surface area contributed by atoms with Crippen molar-refractivity contribution in [3.63, 3.8) is 0 Å². The summed E-state index contributed by atoms with van der Waals surface area (Å²) < 4.78 is 7.36. The predicted octanol–water partition coefficient (Wildman–Crippen LogP) is 4.84. The van der Waals surface area contributed by atoms with E-state index in [1.807, 2.05) is 67.1 Å². The molecule has 1 unspecified atom stereocenters. The van der Waals surface area contributed by atoms with Gasteiger partial charge in [0.2, 0.25) is 0 Å². The molecule has 5 rings (SSSR count). The molecule has 33 heavy (non-hydrogen) atoms. The van der Waals surface area contributed by atoms with Gasteiger partial charge in [-0.15, -0.1) is 21.5 Å². The molecular weight excluding hydrogens is 456 g/mol. The van der Waals surface area contributed by atoms with Crippen molar-refractivity contribution >= 4 is 45.8 Å². The Labute approximate surface area is 198 Å². The summed E-state index contributed by atoms with van der Waals surface area (Å²) >= 11 is 3.34. The summed E-state index contributed by atoms with van der Waals surface area (Å²) in [5.74, 6) is 1.35. The lowest BCUT2D eigenvalue weighted by molar-refractivity contribution is 0.0935. The highest BCUT2D eigenvalue weighted by Gasteiger charge is 2.25. The molecule has 168 valence electrons. The molecule has 0 fully saturated rings. The number of carbonyl (C=O) groups excluding carboxylic acids is 1. The standard InChI is InChI=1S/C23H22N6O2S2/c1-13-7-8-18(33-13)17-12-15(20-14(2)28-31-23(20)25-17)22(30)24-16(9-11-32-3)21-27-26-19-6-4-5-10-29(19)21/h4-8,10,12,16H,9,11H2,1-3H3,(H,24,30). The molecule has 8 nitrogen and oxygen atoms in total. The fourth-order valence-electron chi connectivity index (χ4n) is 3.81. The first kappa shape index (κ1) is 21.6. The average Bonchev–Trinajstić information content (AvgIpc) is 3.54. The van der Waals surface area contributed by atoms with Gasteiger partial charge in [-0.1, -0.05) is 11.2 Å². The molecule has 1 atom stereocenters. The predicted molar refractivity (Wildman–Crippen MR) is 131 cm³/mol. The average molecular weight is 479 g/mol. The summed E-state index contributed by atoms with van der Waals surface area (Å²) in [6.07, 6.45) is 4.67. The number of rotatable bonds is 7. The van der Waals surface area contributed by atoms with Crippen molar-refractivity contribution in [2.75, 3.05) is 12.0 Å². The van der Waals surface area contributed by atoms with Crippen molar-refractivity contribution in [3.05, 3.63) is 64.6 Å². The van der Waals surface area contributed by atoms with Crippen LogP contribution < -0.4 is 5.32 Å². The van der Waals surface area contributed by atoms with Gasteiger partial charge in [0.1, 0.15) is 0 Å². The number of thioether (sulfide) groups is 1. The number of thiophene rings is 1. The van der Waals surface area contributed by atoms with E-state index in [4.69, 9.17) is 4.52 Å². The van der Waals surface area contributed by atoms with Crippen LogP contribution in [0.25, 0.3) is 27.3 Å². The second-order valence-electron chi connectivity index (χ2n) is 7.71. The molecule has 0 aliphatic rings. The Hall–Kier alpha value is -3.24. The van der Waals surface area contributed by atoms with E-state index >= 15 is 0 Å². The lowest BCUT2D eigenvalue weighted by Crippen LogP contribution is -2.30. The maximum absolute atomic E-state index is 13.6. The summed E-state index contributed by atoms with van der Waals surface area (Å²) in [4.78, 5) is 20.4. The van der Waals surface area contributed by atoms with Crippen molar-refractivity contribution in [2.45, 2.75) is 26.3 Å². The van der Waals surface area contributed by atoms with Crippen molar-refractivity contribution in [1.29, 1.82) is 0 Å². The van der Waals surface area contributed by atoms with E-state index in [1.54, 1.807) is 23.1 Å². The largest absolute Gasteiger partial charge is 0.342 e. The molecule has 0 saturated carbocycles. The first-order valence-electron chi connectivity index (χ1n) is 10.5. The molecule has 5 aromatic rings. The molecule has 0 aliphatic carbocycles. The van der Waals surface area contributed by atoms with E-state index in [-0.39, 0.29) is 11.9 Å². The van der Waals surface area contributed by atoms with Gasteiger partial charge in [0.15, 0.2) is 11.5 Å². The number of fused-ring (bicyclic) bond motifs is 2. The number of nitrogens with one attached hydrogen (secondary N) is 1. The highest BCUT2D eigenvalue weighted by atomic mass is 32.2. The molecule has 5 heterocycles. The van der Waals surface area contributed by atoms with Crippen molar-refractivity contribution in [3.8, 4) is 10.6 Å². The van der Waals surface area contributed by atoms with E-state index in [0.717, 1.165) is 22.7 Å². The Morgan fingerprint density at radius 3 is 2.91 bits per heavy atom. The molecule has 0 aromatic carbocycles. The molecule has 10 heteroatoms. The number of hydrogen-bond donors (Lipinski definition) is 1. The summed E-state index contributed by atoms with van der Waals surface area (Å²) in [5, 5.41) is 16.5. The van der Waals surface area contributed by atoms with Crippen LogP contribution in [0.3, 0.4) is 0 Å². The van der Waals surface area contributed by atoms with Crippen molar-refractivity contribution < 1.29 is 9.32 Å². The summed E-state index contributed by atoms with van der Waals surface area (Å²) in [7, 11) is 0. The third-order valence-electron chi connectivity index (χ3n) is 5.42. The highest BCUT2D eigenvalue weighted by molar-refractivity contribution is 7.98. The minimum absolute atomic E-state index is 0.220. The Morgan fingerprint density at radius 1 is 1.24 bits per heavy atom. The topological polar surface area (TPSA) is 98.2 Å². The number of amides is 1. The molecule has 1 N–H and O–H groups in total. The Bertz CT molecular complexity index is 1450. The van der Waals surface area contributed by atoms with Crippen LogP contribution in [0.1, 0.15) is 39.2 Å². The fraction of sp³-hybridized carbons (Fsp3) is 0.261. The van der Waals surface area contributed by atoms with E-state index < -0.39 is 0 Å². The van der Waals surface area contributed by atoms with Gasteiger partial charge >= 0.3 is 0 Å². The number of hydrogen-bond acceptors (Lipinski definition) is 8. The Balaban J connectivity index is 1.55. The third-order valence-corrected chi connectivity index (χ3v) is 7.09. The Kier molecular flexibility index (Phi) is 5.86. The van der Waals surface area contributed by atoms with Gasteiger partial charge < -0.3 is 9.84 Å². The molecule has 0 spiro atoms. The zero-order valence-electron chi connectivity index (χ0n) is 18.4. The van der Waals surface area contributed by atoms with Gasteiger partial charge in [-0.2, -0.15) is 11.8 Å². The zero-order valence-corrected chi connectivity index (χ0v) is 20.0. The first-order chi connectivity index (χ1) is 16.0. The Morgan fingerprint density at radius 2 is 2.12 bits per heavy atom. The normalized spacial score (nSPS) is 12.5. The summed E-state index contributed by atoms with van der Waals surface area (Å²) in [6, 6.07) is 11.3. The minimum atomic E-state index is -0.307. The smallest absolute Gasteiger partial charge is 0.259 e. The lowest BCUT2D eigenvalue weighted by Gasteiger charge is -2.17. The van der Waals surface area contributed by atoms with Crippen LogP contribution in [-0.2, 0) is 0 Å². The van der Waals surface area contributed by atoms with Gasteiger partial charge in [-0.25, -0.2) is 4.98 Å². The van der Waals surface area contributed by atoms with E-state index in [2.05, 4.69) is 25.7 Å². The van der Waals surface area contributed by atoms with Crippen LogP contribution in [0.4, 0.5) is 0 Å².